The molecule has 26 heavy (non-hydrogen) atoms. The largest absolute Gasteiger partial charge is 0.365 e. The van der Waals surface area contributed by atoms with E-state index in [0.29, 0.717) is 0 Å². The van der Waals surface area contributed by atoms with E-state index in [1.54, 1.807) is 0 Å². The van der Waals surface area contributed by atoms with Crippen LogP contribution in [0.4, 0.5) is 0 Å². The second-order valence-electron chi connectivity index (χ2n) is 7.38. The lowest BCUT2D eigenvalue weighted by Crippen LogP contribution is -2.48. The third-order valence-electron chi connectivity index (χ3n) is 5.48. The number of hydrogen-bond acceptors (Lipinski definition) is 5. The molecule has 1 aliphatic carbocycles. The normalized spacial score (nSPS) is 27.0. The molecule has 0 bridgehead atoms. The summed E-state index contributed by atoms with van der Waals surface area (Å²) in [5.41, 5.74) is 4.44. The second-order valence-corrected chi connectivity index (χ2v) is 7.38. The van der Waals surface area contributed by atoms with Crippen LogP contribution in [-0.4, -0.2) is 50.7 Å². The van der Waals surface area contributed by atoms with Crippen LogP contribution in [-0.2, 0) is 13.1 Å². The van der Waals surface area contributed by atoms with Crippen molar-refractivity contribution in [3.05, 3.63) is 60.0 Å². The van der Waals surface area contributed by atoms with Crippen LogP contribution in [0.25, 0.3) is 11.4 Å². The van der Waals surface area contributed by atoms with Crippen molar-refractivity contribution in [3.63, 3.8) is 0 Å². The van der Waals surface area contributed by atoms with Gasteiger partial charge in [0.1, 0.15) is 11.7 Å². The summed E-state index contributed by atoms with van der Waals surface area (Å²) in [5.74, 6) is 0. The lowest BCUT2D eigenvalue weighted by Gasteiger charge is -2.35. The van der Waals surface area contributed by atoms with Crippen molar-refractivity contribution < 1.29 is 0 Å². The standard InChI is InChI=1S/C20H22N6/c1-20-7-4-5-15(19(20)22-14-23-20)12-25-9-10-26-16(13-25)11-18(24-26)17-6-2-3-8-21-17/h2-8,11,14,19H,9-10,12-13H2,1H3,(H,22,23). The van der Waals surface area contributed by atoms with Gasteiger partial charge in [0.05, 0.1) is 29.8 Å². The van der Waals surface area contributed by atoms with Gasteiger partial charge in [0.2, 0.25) is 0 Å². The van der Waals surface area contributed by atoms with E-state index >= 15 is 0 Å². The van der Waals surface area contributed by atoms with Crippen molar-refractivity contribution in [3.8, 4) is 11.4 Å². The maximum atomic E-state index is 4.73. The molecule has 5 rings (SSSR count). The van der Waals surface area contributed by atoms with E-state index in [2.05, 4.69) is 56.1 Å². The number of nitrogens with zero attached hydrogens (tertiary/aromatic N) is 5. The Kier molecular flexibility index (Phi) is 3.53. The first-order valence-corrected chi connectivity index (χ1v) is 9.09. The first-order valence-electron chi connectivity index (χ1n) is 9.09. The fourth-order valence-corrected chi connectivity index (χ4v) is 4.06. The van der Waals surface area contributed by atoms with Gasteiger partial charge in [-0.25, -0.2) is 0 Å². The molecule has 4 heterocycles. The molecule has 0 amide bonds. The van der Waals surface area contributed by atoms with Gasteiger partial charge in [0, 0.05) is 25.8 Å². The maximum absolute atomic E-state index is 4.73. The zero-order valence-electron chi connectivity index (χ0n) is 14.8. The van der Waals surface area contributed by atoms with Crippen LogP contribution in [0, 0.1) is 0 Å². The molecule has 0 radical (unpaired) electrons. The summed E-state index contributed by atoms with van der Waals surface area (Å²) in [6.45, 7) is 5.96. The van der Waals surface area contributed by atoms with Gasteiger partial charge in [0.15, 0.2) is 0 Å². The van der Waals surface area contributed by atoms with Gasteiger partial charge in [-0.1, -0.05) is 24.3 Å². The lowest BCUT2D eigenvalue weighted by molar-refractivity contribution is 0.224. The van der Waals surface area contributed by atoms with Gasteiger partial charge < -0.3 is 5.32 Å². The van der Waals surface area contributed by atoms with E-state index in [1.807, 2.05) is 30.7 Å². The van der Waals surface area contributed by atoms with Gasteiger partial charge in [-0.3, -0.25) is 19.6 Å². The first kappa shape index (κ1) is 15.5. The van der Waals surface area contributed by atoms with E-state index < -0.39 is 0 Å². The molecular weight excluding hydrogens is 324 g/mol. The van der Waals surface area contributed by atoms with Gasteiger partial charge in [-0.2, -0.15) is 5.10 Å². The fraction of sp³-hybridized carbons (Fsp3) is 0.350. The van der Waals surface area contributed by atoms with Crippen LogP contribution in [0.1, 0.15) is 12.6 Å². The summed E-state index contributed by atoms with van der Waals surface area (Å²) in [5, 5.41) is 8.12. The van der Waals surface area contributed by atoms with Crippen LogP contribution >= 0.6 is 0 Å². The fourth-order valence-electron chi connectivity index (χ4n) is 4.06. The third-order valence-corrected chi connectivity index (χ3v) is 5.48. The molecule has 6 nitrogen and oxygen atoms in total. The zero-order chi connectivity index (χ0) is 17.6. The molecule has 0 aromatic carbocycles. The molecule has 2 aliphatic heterocycles. The van der Waals surface area contributed by atoms with Crippen molar-refractivity contribution in [2.75, 3.05) is 13.1 Å². The molecule has 2 atom stereocenters. The van der Waals surface area contributed by atoms with E-state index in [9.17, 15) is 0 Å². The predicted octanol–water partition coefficient (Wildman–Crippen LogP) is 2.02. The number of fused-ring (bicyclic) bond motifs is 2. The number of allylic oxidation sites excluding steroid dienone is 2. The minimum atomic E-state index is -0.0756. The number of hydrogen-bond donors (Lipinski definition) is 1. The highest BCUT2D eigenvalue weighted by Gasteiger charge is 2.38. The van der Waals surface area contributed by atoms with Crippen molar-refractivity contribution in [1.82, 2.24) is 25.0 Å². The van der Waals surface area contributed by atoms with E-state index in [-0.39, 0.29) is 11.6 Å². The van der Waals surface area contributed by atoms with Gasteiger partial charge >= 0.3 is 0 Å². The Labute approximate surface area is 153 Å². The highest BCUT2D eigenvalue weighted by Crippen LogP contribution is 2.30. The molecule has 3 aliphatic rings. The molecule has 0 saturated carbocycles. The molecule has 6 heteroatoms. The molecule has 0 spiro atoms. The Morgan fingerprint density at radius 2 is 2.23 bits per heavy atom. The van der Waals surface area contributed by atoms with Crippen LogP contribution < -0.4 is 5.32 Å². The molecule has 2 unspecified atom stereocenters. The number of aliphatic imine (C=N–C) groups is 1. The summed E-state index contributed by atoms with van der Waals surface area (Å²) in [6.07, 6.45) is 10.2. The average Bonchev–Trinajstić information content (AvgIpc) is 3.26. The Bertz CT molecular complexity index is 910. The van der Waals surface area contributed by atoms with Crippen LogP contribution in [0.15, 0.2) is 59.3 Å². The first-order chi connectivity index (χ1) is 12.7. The monoisotopic (exact) mass is 346 g/mol. The van der Waals surface area contributed by atoms with Crippen LogP contribution in [0.3, 0.4) is 0 Å². The third kappa shape index (κ3) is 2.57. The minimum absolute atomic E-state index is 0.0756. The Hall–Kier alpha value is -2.73. The Balaban J connectivity index is 1.34. The Morgan fingerprint density at radius 3 is 3.12 bits per heavy atom. The molecule has 2 aromatic heterocycles. The van der Waals surface area contributed by atoms with E-state index in [0.717, 1.165) is 37.6 Å². The van der Waals surface area contributed by atoms with Crippen LogP contribution in [0.2, 0.25) is 0 Å². The van der Waals surface area contributed by atoms with Crippen molar-refractivity contribution >= 4 is 6.34 Å². The topological polar surface area (TPSA) is 58.3 Å². The van der Waals surface area contributed by atoms with Crippen molar-refractivity contribution in [2.24, 2.45) is 4.99 Å². The smallest absolute Gasteiger partial charge is 0.111 e. The summed E-state index contributed by atoms with van der Waals surface area (Å²) in [4.78, 5) is 11.6. The van der Waals surface area contributed by atoms with Crippen molar-refractivity contribution in [1.29, 1.82) is 0 Å². The van der Waals surface area contributed by atoms with Gasteiger partial charge in [-0.15, -0.1) is 0 Å². The number of nitrogens with one attached hydrogen (secondary N) is 1. The van der Waals surface area contributed by atoms with Crippen LogP contribution in [0.5, 0.6) is 0 Å². The number of pyridine rings is 1. The highest BCUT2D eigenvalue weighted by molar-refractivity contribution is 5.63. The second kappa shape index (κ2) is 5.92. The highest BCUT2D eigenvalue weighted by atomic mass is 15.3. The van der Waals surface area contributed by atoms with Gasteiger partial charge in [0.25, 0.3) is 0 Å². The summed E-state index contributed by atoms with van der Waals surface area (Å²) in [7, 11) is 0. The van der Waals surface area contributed by atoms with E-state index in [4.69, 9.17) is 5.10 Å². The average molecular weight is 346 g/mol. The molecule has 0 saturated heterocycles. The Morgan fingerprint density at radius 1 is 1.27 bits per heavy atom. The number of rotatable bonds is 3. The minimum Gasteiger partial charge on any atom is -0.365 e. The molecule has 0 fully saturated rings. The molecule has 1 N–H and O–H groups in total. The quantitative estimate of drug-likeness (QED) is 0.924. The van der Waals surface area contributed by atoms with Gasteiger partial charge in [-0.05, 0) is 30.7 Å². The SMILES string of the molecule is CC12C=CC=C(CN3CCn4nc(-c5ccccn5)cc4C3)C1N=CN2. The predicted molar refractivity (Wildman–Crippen MR) is 102 cm³/mol. The summed E-state index contributed by atoms with van der Waals surface area (Å²) in [6, 6.07) is 8.31. The number of aromatic nitrogens is 3. The van der Waals surface area contributed by atoms with E-state index in [1.165, 1.54) is 11.3 Å². The van der Waals surface area contributed by atoms with Crippen molar-refractivity contribution in [2.45, 2.75) is 31.6 Å². The molecule has 132 valence electrons. The zero-order valence-corrected chi connectivity index (χ0v) is 14.8. The summed E-state index contributed by atoms with van der Waals surface area (Å²) >= 11 is 0. The molecular formula is C20H22N6. The molecule has 2 aromatic rings. The maximum Gasteiger partial charge on any atom is 0.111 e. The summed E-state index contributed by atoms with van der Waals surface area (Å²) < 4.78 is 2.12. The lowest BCUT2D eigenvalue weighted by atomic mass is 9.84.